The maximum absolute atomic E-state index is 5.70. The Morgan fingerprint density at radius 1 is 1.42 bits per heavy atom. The van der Waals surface area contributed by atoms with Crippen molar-refractivity contribution in [1.29, 1.82) is 0 Å². The van der Waals surface area contributed by atoms with Crippen LogP contribution in [0.2, 0.25) is 0 Å². The summed E-state index contributed by atoms with van der Waals surface area (Å²) in [6, 6.07) is 0.683. The molecule has 0 spiro atoms. The fraction of sp³-hybridized carbons (Fsp3) is 1.00. The lowest BCUT2D eigenvalue weighted by atomic mass is 10.1. The molecule has 2 fully saturated rings. The average molecular weight is 170 g/mol. The quantitative estimate of drug-likeness (QED) is 0.643. The number of hydrogen-bond acceptors (Lipinski definition) is 3. The van der Waals surface area contributed by atoms with E-state index in [1.807, 2.05) is 0 Å². The van der Waals surface area contributed by atoms with E-state index < -0.39 is 0 Å². The third kappa shape index (κ3) is 1.49. The summed E-state index contributed by atoms with van der Waals surface area (Å²) in [7, 11) is 0. The fourth-order valence-corrected chi connectivity index (χ4v) is 2.45. The first-order valence-corrected chi connectivity index (χ1v) is 4.97. The Morgan fingerprint density at radius 2 is 2.33 bits per heavy atom. The highest BCUT2D eigenvalue weighted by atomic mass is 16.5. The maximum Gasteiger partial charge on any atom is 0.0730 e. The van der Waals surface area contributed by atoms with Gasteiger partial charge in [-0.1, -0.05) is 0 Å². The van der Waals surface area contributed by atoms with Crippen molar-refractivity contribution in [1.82, 2.24) is 4.90 Å². The zero-order valence-corrected chi connectivity index (χ0v) is 7.54. The Labute approximate surface area is 73.9 Å². The second-order valence-electron chi connectivity index (χ2n) is 3.73. The number of rotatable bonds is 2. The summed E-state index contributed by atoms with van der Waals surface area (Å²) in [5, 5.41) is 0. The molecule has 0 amide bonds. The molecule has 0 radical (unpaired) electrons. The van der Waals surface area contributed by atoms with E-state index in [1.165, 1.54) is 19.3 Å². The van der Waals surface area contributed by atoms with Gasteiger partial charge in [-0.05, 0) is 19.3 Å². The SMILES string of the molecule is NCCN1CCOC2CCCC21. The summed E-state index contributed by atoms with van der Waals surface area (Å²) in [6.45, 7) is 3.81. The Hall–Kier alpha value is -0.120. The highest BCUT2D eigenvalue weighted by Gasteiger charge is 2.35. The van der Waals surface area contributed by atoms with Crippen molar-refractivity contribution in [2.24, 2.45) is 5.73 Å². The molecule has 2 unspecified atom stereocenters. The molecule has 3 heteroatoms. The summed E-state index contributed by atoms with van der Waals surface area (Å²) in [4.78, 5) is 2.50. The van der Waals surface area contributed by atoms with Crippen LogP contribution in [-0.2, 0) is 4.74 Å². The second-order valence-corrected chi connectivity index (χ2v) is 3.73. The fourth-order valence-electron chi connectivity index (χ4n) is 2.45. The summed E-state index contributed by atoms with van der Waals surface area (Å²) < 4.78 is 5.70. The Balaban J connectivity index is 1.94. The van der Waals surface area contributed by atoms with Crippen LogP contribution in [0.3, 0.4) is 0 Å². The highest BCUT2D eigenvalue weighted by molar-refractivity contribution is 4.89. The first-order chi connectivity index (χ1) is 5.92. The van der Waals surface area contributed by atoms with Crippen LogP contribution in [0.4, 0.5) is 0 Å². The molecule has 2 atom stereocenters. The lowest BCUT2D eigenvalue weighted by molar-refractivity contribution is -0.0542. The molecule has 3 nitrogen and oxygen atoms in total. The number of fused-ring (bicyclic) bond motifs is 1. The number of nitrogens with two attached hydrogens (primary N) is 1. The van der Waals surface area contributed by atoms with Crippen molar-refractivity contribution in [2.75, 3.05) is 26.2 Å². The van der Waals surface area contributed by atoms with Crippen LogP contribution >= 0.6 is 0 Å². The molecule has 1 saturated carbocycles. The third-order valence-electron chi connectivity index (χ3n) is 3.01. The molecule has 1 aliphatic carbocycles. The second kappa shape index (κ2) is 3.73. The minimum absolute atomic E-state index is 0.519. The van der Waals surface area contributed by atoms with Crippen LogP contribution < -0.4 is 5.73 Å². The molecular formula is C9H18N2O. The first-order valence-electron chi connectivity index (χ1n) is 4.97. The standard InChI is InChI=1S/C9H18N2O/c10-4-5-11-6-7-12-9-3-1-2-8(9)11/h8-9H,1-7,10H2. The van der Waals surface area contributed by atoms with E-state index in [0.717, 1.165) is 26.2 Å². The molecule has 0 aromatic carbocycles. The van der Waals surface area contributed by atoms with Crippen LogP contribution in [0, 0.1) is 0 Å². The molecule has 0 bridgehead atoms. The van der Waals surface area contributed by atoms with Gasteiger partial charge in [0.05, 0.1) is 12.7 Å². The van der Waals surface area contributed by atoms with Crippen molar-refractivity contribution in [3.8, 4) is 0 Å². The van der Waals surface area contributed by atoms with E-state index >= 15 is 0 Å². The normalized spacial score (nSPS) is 36.8. The molecule has 1 heterocycles. The molecule has 2 aliphatic rings. The van der Waals surface area contributed by atoms with Gasteiger partial charge in [0.25, 0.3) is 0 Å². The highest BCUT2D eigenvalue weighted by Crippen LogP contribution is 2.28. The Kier molecular flexibility index (Phi) is 2.63. The van der Waals surface area contributed by atoms with Gasteiger partial charge in [0.2, 0.25) is 0 Å². The van der Waals surface area contributed by atoms with Gasteiger partial charge in [0, 0.05) is 25.7 Å². The predicted molar refractivity (Wildman–Crippen MR) is 48.0 cm³/mol. The number of ether oxygens (including phenoxy) is 1. The molecule has 0 aromatic heterocycles. The molecular weight excluding hydrogens is 152 g/mol. The molecule has 2 N–H and O–H groups in total. The smallest absolute Gasteiger partial charge is 0.0730 e. The van der Waals surface area contributed by atoms with E-state index in [0.29, 0.717) is 12.1 Å². The van der Waals surface area contributed by atoms with E-state index in [-0.39, 0.29) is 0 Å². The van der Waals surface area contributed by atoms with Crippen LogP contribution in [0.1, 0.15) is 19.3 Å². The zero-order chi connectivity index (χ0) is 8.39. The summed E-state index contributed by atoms with van der Waals surface area (Å²) >= 11 is 0. The van der Waals surface area contributed by atoms with Crippen LogP contribution in [0.5, 0.6) is 0 Å². The maximum atomic E-state index is 5.70. The monoisotopic (exact) mass is 170 g/mol. The Morgan fingerprint density at radius 3 is 3.17 bits per heavy atom. The topological polar surface area (TPSA) is 38.5 Å². The van der Waals surface area contributed by atoms with E-state index in [1.54, 1.807) is 0 Å². The van der Waals surface area contributed by atoms with E-state index in [9.17, 15) is 0 Å². The zero-order valence-electron chi connectivity index (χ0n) is 7.54. The van der Waals surface area contributed by atoms with Gasteiger partial charge >= 0.3 is 0 Å². The summed E-state index contributed by atoms with van der Waals surface area (Å²) in [5.41, 5.74) is 5.56. The van der Waals surface area contributed by atoms with Crippen molar-refractivity contribution >= 4 is 0 Å². The van der Waals surface area contributed by atoms with Gasteiger partial charge in [0.1, 0.15) is 0 Å². The van der Waals surface area contributed by atoms with Crippen molar-refractivity contribution in [3.63, 3.8) is 0 Å². The summed E-state index contributed by atoms with van der Waals surface area (Å²) in [6.07, 6.45) is 4.41. The predicted octanol–water partition coefficient (Wildman–Crippen LogP) is 0.198. The van der Waals surface area contributed by atoms with Crippen molar-refractivity contribution in [3.05, 3.63) is 0 Å². The van der Waals surface area contributed by atoms with Crippen molar-refractivity contribution < 1.29 is 4.74 Å². The largest absolute Gasteiger partial charge is 0.375 e. The molecule has 12 heavy (non-hydrogen) atoms. The van der Waals surface area contributed by atoms with Gasteiger partial charge in [-0.3, -0.25) is 4.90 Å². The van der Waals surface area contributed by atoms with Gasteiger partial charge < -0.3 is 10.5 Å². The Bertz CT molecular complexity index is 149. The minimum Gasteiger partial charge on any atom is -0.375 e. The van der Waals surface area contributed by atoms with Gasteiger partial charge in [-0.25, -0.2) is 0 Å². The lowest BCUT2D eigenvalue weighted by Crippen LogP contribution is -2.49. The molecule has 2 rings (SSSR count). The molecule has 1 aliphatic heterocycles. The number of hydrogen-bond donors (Lipinski definition) is 1. The van der Waals surface area contributed by atoms with Gasteiger partial charge in [-0.15, -0.1) is 0 Å². The lowest BCUT2D eigenvalue weighted by Gasteiger charge is -2.37. The number of morpholine rings is 1. The number of nitrogens with zero attached hydrogens (tertiary/aromatic N) is 1. The van der Waals surface area contributed by atoms with Gasteiger partial charge in [-0.2, -0.15) is 0 Å². The first kappa shape index (κ1) is 8.48. The average Bonchev–Trinajstić information content (AvgIpc) is 2.53. The van der Waals surface area contributed by atoms with Crippen LogP contribution in [-0.4, -0.2) is 43.3 Å². The molecule has 0 aromatic rings. The van der Waals surface area contributed by atoms with E-state index in [4.69, 9.17) is 10.5 Å². The molecule has 1 saturated heterocycles. The van der Waals surface area contributed by atoms with Gasteiger partial charge in [0.15, 0.2) is 0 Å². The molecule has 70 valence electrons. The van der Waals surface area contributed by atoms with Crippen LogP contribution in [0.15, 0.2) is 0 Å². The van der Waals surface area contributed by atoms with Crippen molar-refractivity contribution in [2.45, 2.75) is 31.4 Å². The summed E-state index contributed by atoms with van der Waals surface area (Å²) in [5.74, 6) is 0. The third-order valence-corrected chi connectivity index (χ3v) is 3.01. The minimum atomic E-state index is 0.519. The van der Waals surface area contributed by atoms with Crippen LogP contribution in [0.25, 0.3) is 0 Å². The van der Waals surface area contributed by atoms with E-state index in [2.05, 4.69) is 4.90 Å².